The fourth-order valence-electron chi connectivity index (χ4n) is 2.69. The van der Waals surface area contributed by atoms with Gasteiger partial charge in [-0.2, -0.15) is 0 Å². The summed E-state index contributed by atoms with van der Waals surface area (Å²) in [7, 11) is -0.757. The number of benzene rings is 2. The van der Waals surface area contributed by atoms with Gasteiger partial charge >= 0.3 is 0 Å². The Hall–Kier alpha value is -1.06. The summed E-state index contributed by atoms with van der Waals surface area (Å²) < 4.78 is 12.4. The maximum Gasteiger partial charge on any atom is 0.0989 e. The van der Waals surface area contributed by atoms with Crippen molar-refractivity contribution in [2.75, 3.05) is 11.5 Å². The molecule has 20 heavy (non-hydrogen) atoms. The molecule has 0 saturated carbocycles. The molecule has 1 aliphatic rings. The molecular formula is C17H18OS2. The molecule has 1 aliphatic heterocycles. The molecule has 2 aromatic rings. The minimum Gasteiger partial charge on any atom is -0.258 e. The molecule has 1 heterocycles. The maximum atomic E-state index is 12.6. The summed E-state index contributed by atoms with van der Waals surface area (Å²) in [6.07, 6.45) is 1.78. The average Bonchev–Trinajstić information content (AvgIpc) is 2.82. The van der Waals surface area contributed by atoms with E-state index in [9.17, 15) is 4.21 Å². The van der Waals surface area contributed by atoms with Gasteiger partial charge in [0.25, 0.3) is 0 Å². The van der Waals surface area contributed by atoms with Crippen LogP contribution in [0.15, 0.2) is 60.7 Å². The number of hydrogen-bond donors (Lipinski definition) is 0. The Balaban J connectivity index is 1.87. The molecule has 3 heteroatoms. The van der Waals surface area contributed by atoms with Gasteiger partial charge in [-0.1, -0.05) is 60.7 Å². The second kappa shape index (κ2) is 6.15. The predicted octanol–water partition coefficient (Wildman–Crippen LogP) is 3.66. The first kappa shape index (κ1) is 13.9. The fourth-order valence-corrected chi connectivity index (χ4v) is 6.60. The first-order valence-electron chi connectivity index (χ1n) is 6.89. The Labute approximate surface area is 127 Å². The highest BCUT2D eigenvalue weighted by Crippen LogP contribution is 2.41. The third kappa shape index (κ3) is 2.99. The highest BCUT2D eigenvalue weighted by atomic mass is 32.2. The summed E-state index contributed by atoms with van der Waals surface area (Å²) >= 11 is 1.89. The van der Waals surface area contributed by atoms with Gasteiger partial charge in [0.2, 0.25) is 0 Å². The molecule has 0 aromatic heterocycles. The van der Waals surface area contributed by atoms with Gasteiger partial charge in [-0.15, -0.1) is 11.8 Å². The van der Waals surface area contributed by atoms with Gasteiger partial charge in [0.15, 0.2) is 0 Å². The standard InChI is InChI=1S/C17H18OS2/c18-20-12-11-19-17(20,13-15-7-3-1-4-8-15)14-16-9-5-2-6-10-16/h1-10H,11-14H2. The smallest absolute Gasteiger partial charge is 0.0989 e. The molecule has 1 atom stereocenters. The Morgan fingerprint density at radius 1 is 0.900 bits per heavy atom. The Morgan fingerprint density at radius 3 is 1.80 bits per heavy atom. The van der Waals surface area contributed by atoms with Crippen molar-refractivity contribution in [3.8, 4) is 0 Å². The molecule has 1 saturated heterocycles. The van der Waals surface area contributed by atoms with Gasteiger partial charge in [-0.05, 0) is 24.0 Å². The minimum atomic E-state index is -0.757. The van der Waals surface area contributed by atoms with Crippen LogP contribution in [0.2, 0.25) is 0 Å². The average molecular weight is 302 g/mol. The first-order chi connectivity index (χ1) is 9.78. The van der Waals surface area contributed by atoms with Crippen LogP contribution in [-0.2, 0) is 23.6 Å². The van der Waals surface area contributed by atoms with Crippen LogP contribution < -0.4 is 0 Å². The summed E-state index contributed by atoms with van der Waals surface area (Å²) in [5.41, 5.74) is 2.57. The van der Waals surface area contributed by atoms with E-state index < -0.39 is 10.8 Å². The van der Waals surface area contributed by atoms with Crippen LogP contribution in [-0.4, -0.2) is 19.8 Å². The van der Waals surface area contributed by atoms with Crippen molar-refractivity contribution in [3.63, 3.8) is 0 Å². The van der Waals surface area contributed by atoms with Gasteiger partial charge in [0.1, 0.15) is 0 Å². The van der Waals surface area contributed by atoms with Crippen LogP contribution in [0, 0.1) is 0 Å². The van der Waals surface area contributed by atoms with Crippen molar-refractivity contribution in [1.29, 1.82) is 0 Å². The molecule has 0 N–H and O–H groups in total. The Morgan fingerprint density at radius 2 is 1.40 bits per heavy atom. The molecule has 1 fully saturated rings. The monoisotopic (exact) mass is 302 g/mol. The zero-order valence-electron chi connectivity index (χ0n) is 11.3. The van der Waals surface area contributed by atoms with Gasteiger partial charge < -0.3 is 0 Å². The van der Waals surface area contributed by atoms with E-state index >= 15 is 0 Å². The lowest BCUT2D eigenvalue weighted by atomic mass is 10.0. The number of rotatable bonds is 4. The van der Waals surface area contributed by atoms with Crippen LogP contribution >= 0.6 is 11.8 Å². The van der Waals surface area contributed by atoms with E-state index in [0.717, 1.165) is 24.3 Å². The molecule has 0 amide bonds. The van der Waals surface area contributed by atoms with Crippen molar-refractivity contribution >= 4 is 22.6 Å². The quantitative estimate of drug-likeness (QED) is 0.857. The van der Waals surface area contributed by atoms with E-state index in [-0.39, 0.29) is 4.08 Å². The summed E-state index contributed by atoms with van der Waals surface area (Å²) in [6.45, 7) is 0. The van der Waals surface area contributed by atoms with Crippen LogP contribution in [0.1, 0.15) is 11.1 Å². The normalized spacial score (nSPS) is 20.9. The van der Waals surface area contributed by atoms with Crippen LogP contribution in [0.3, 0.4) is 0 Å². The van der Waals surface area contributed by atoms with Gasteiger partial charge in [-0.3, -0.25) is 4.21 Å². The lowest BCUT2D eigenvalue weighted by Crippen LogP contribution is -2.32. The highest BCUT2D eigenvalue weighted by Gasteiger charge is 2.41. The zero-order chi connectivity index (χ0) is 13.8. The molecule has 0 bridgehead atoms. The molecule has 0 aliphatic carbocycles. The fraction of sp³-hybridized carbons (Fsp3) is 0.294. The summed E-state index contributed by atoms with van der Waals surface area (Å²) in [4.78, 5) is 0. The molecule has 1 nitrogen and oxygen atoms in total. The Bertz CT molecular complexity index is 539. The first-order valence-corrected chi connectivity index (χ1v) is 9.19. The van der Waals surface area contributed by atoms with Crippen LogP contribution in [0.5, 0.6) is 0 Å². The maximum absolute atomic E-state index is 12.6. The predicted molar refractivity (Wildman–Crippen MR) is 88.5 cm³/mol. The molecular weight excluding hydrogens is 284 g/mol. The molecule has 0 spiro atoms. The molecule has 2 aromatic carbocycles. The topological polar surface area (TPSA) is 17.1 Å². The second-order valence-corrected chi connectivity index (χ2v) is 8.75. The molecule has 1 unspecified atom stereocenters. The number of thioether (sulfide) groups is 1. The van der Waals surface area contributed by atoms with E-state index in [1.165, 1.54) is 11.1 Å². The third-order valence-electron chi connectivity index (χ3n) is 3.68. The third-order valence-corrected chi connectivity index (χ3v) is 7.77. The summed E-state index contributed by atoms with van der Waals surface area (Å²) in [5.74, 6) is 1.83. The SMILES string of the molecule is O=S1CCSC1(Cc1ccccc1)Cc1ccccc1. The lowest BCUT2D eigenvalue weighted by Gasteiger charge is -2.27. The molecule has 104 valence electrons. The van der Waals surface area contributed by atoms with Crippen molar-refractivity contribution < 1.29 is 4.21 Å². The van der Waals surface area contributed by atoms with Crippen LogP contribution in [0.4, 0.5) is 0 Å². The number of hydrogen-bond acceptors (Lipinski definition) is 2. The van der Waals surface area contributed by atoms with Gasteiger partial charge in [0, 0.05) is 22.3 Å². The van der Waals surface area contributed by atoms with Crippen molar-refractivity contribution in [2.24, 2.45) is 0 Å². The largest absolute Gasteiger partial charge is 0.258 e. The van der Waals surface area contributed by atoms with Crippen LogP contribution in [0.25, 0.3) is 0 Å². The van der Waals surface area contributed by atoms with Crippen molar-refractivity contribution in [2.45, 2.75) is 16.9 Å². The van der Waals surface area contributed by atoms with Crippen molar-refractivity contribution in [3.05, 3.63) is 71.8 Å². The van der Waals surface area contributed by atoms with Crippen molar-refractivity contribution in [1.82, 2.24) is 0 Å². The molecule has 0 radical (unpaired) electrons. The van der Waals surface area contributed by atoms with Gasteiger partial charge in [0.05, 0.1) is 4.08 Å². The van der Waals surface area contributed by atoms with E-state index in [2.05, 4.69) is 48.5 Å². The van der Waals surface area contributed by atoms with Gasteiger partial charge in [-0.25, -0.2) is 0 Å². The summed E-state index contributed by atoms with van der Waals surface area (Å²) in [5, 5.41) is 0. The van der Waals surface area contributed by atoms with E-state index in [1.807, 2.05) is 23.9 Å². The molecule has 3 rings (SSSR count). The Kier molecular flexibility index (Phi) is 4.27. The highest BCUT2D eigenvalue weighted by molar-refractivity contribution is 8.15. The second-order valence-electron chi connectivity index (χ2n) is 5.13. The lowest BCUT2D eigenvalue weighted by molar-refractivity contribution is 0.658. The zero-order valence-corrected chi connectivity index (χ0v) is 13.0. The van der Waals surface area contributed by atoms with E-state index in [4.69, 9.17) is 0 Å². The summed E-state index contributed by atoms with van der Waals surface area (Å²) in [6, 6.07) is 20.9. The van der Waals surface area contributed by atoms with E-state index in [1.54, 1.807) is 0 Å². The minimum absolute atomic E-state index is 0.150. The van der Waals surface area contributed by atoms with E-state index in [0.29, 0.717) is 0 Å².